The van der Waals surface area contributed by atoms with E-state index in [9.17, 15) is 4.79 Å². The van der Waals surface area contributed by atoms with Crippen LogP contribution < -0.4 is 16.0 Å². The number of amides is 1. The molecule has 30 heavy (non-hydrogen) atoms. The monoisotopic (exact) mass is 410 g/mol. The lowest BCUT2D eigenvalue weighted by Gasteiger charge is -2.32. The number of piperidine rings is 1. The maximum Gasteiger partial charge on any atom is 0.415 e. The van der Waals surface area contributed by atoms with Crippen LogP contribution in [0.25, 0.3) is 0 Å². The van der Waals surface area contributed by atoms with E-state index in [2.05, 4.69) is 46.2 Å². The highest BCUT2D eigenvalue weighted by Gasteiger charge is 2.37. The fourth-order valence-electron chi connectivity index (χ4n) is 4.04. The van der Waals surface area contributed by atoms with Crippen molar-refractivity contribution in [2.24, 2.45) is 5.92 Å². The molecule has 8 nitrogen and oxygen atoms in total. The number of rotatable bonds is 6. The van der Waals surface area contributed by atoms with Crippen LogP contribution in [0.3, 0.4) is 0 Å². The number of nitrogen functional groups attached to an aromatic ring is 1. The average Bonchev–Trinajstić information content (AvgIpc) is 3.13. The van der Waals surface area contributed by atoms with Gasteiger partial charge in [-0.3, -0.25) is 9.80 Å². The number of anilines is 3. The van der Waals surface area contributed by atoms with Gasteiger partial charge in [-0.2, -0.15) is 4.98 Å². The molecule has 0 aliphatic carbocycles. The predicted molar refractivity (Wildman–Crippen MR) is 117 cm³/mol. The Morgan fingerprint density at radius 3 is 2.63 bits per heavy atom. The van der Waals surface area contributed by atoms with Gasteiger partial charge in [-0.25, -0.2) is 9.78 Å². The van der Waals surface area contributed by atoms with Gasteiger partial charge in [-0.05, 0) is 42.5 Å². The van der Waals surface area contributed by atoms with Crippen molar-refractivity contribution < 1.29 is 9.53 Å². The molecule has 2 aliphatic heterocycles. The number of nitrogens with one attached hydrogen (secondary N) is 1. The number of nitrogens with zero attached hydrogens (tertiary/aromatic N) is 4. The Bertz CT molecular complexity index is 864. The molecule has 3 heterocycles. The van der Waals surface area contributed by atoms with Crippen molar-refractivity contribution in [3.63, 3.8) is 0 Å². The zero-order chi connectivity index (χ0) is 21.1. The smallest absolute Gasteiger partial charge is 0.415 e. The first-order valence-electron chi connectivity index (χ1n) is 10.6. The van der Waals surface area contributed by atoms with Crippen LogP contribution in [0, 0.1) is 5.92 Å². The molecule has 1 aromatic carbocycles. The summed E-state index contributed by atoms with van der Waals surface area (Å²) in [5.74, 6) is 1.44. The van der Waals surface area contributed by atoms with Crippen LogP contribution in [0.4, 0.5) is 22.2 Å². The lowest BCUT2D eigenvalue weighted by atomic mass is 10.0. The molecule has 2 aromatic rings. The van der Waals surface area contributed by atoms with Gasteiger partial charge < -0.3 is 15.8 Å². The molecule has 0 bridgehead atoms. The van der Waals surface area contributed by atoms with Crippen molar-refractivity contribution in [1.82, 2.24) is 14.9 Å². The van der Waals surface area contributed by atoms with E-state index in [-0.39, 0.29) is 18.1 Å². The van der Waals surface area contributed by atoms with Crippen LogP contribution in [0.15, 0.2) is 36.5 Å². The molecule has 2 saturated heterocycles. The summed E-state index contributed by atoms with van der Waals surface area (Å²) in [6.45, 7) is 7.52. The molecule has 2 aliphatic rings. The van der Waals surface area contributed by atoms with E-state index in [0.29, 0.717) is 24.4 Å². The third-order valence-electron chi connectivity index (χ3n) is 5.87. The van der Waals surface area contributed by atoms with E-state index < -0.39 is 0 Å². The Labute approximate surface area is 177 Å². The molecule has 0 spiro atoms. The molecule has 1 aromatic heterocycles. The third-order valence-corrected chi connectivity index (χ3v) is 5.87. The topological polar surface area (TPSA) is 96.6 Å². The lowest BCUT2D eigenvalue weighted by Crippen LogP contribution is -2.39. The van der Waals surface area contributed by atoms with Crippen molar-refractivity contribution >= 4 is 23.5 Å². The lowest BCUT2D eigenvalue weighted by molar-refractivity contribution is 0.177. The number of hydrogen-bond donors (Lipinski definition) is 2. The quantitative estimate of drug-likeness (QED) is 0.706. The molecule has 1 amide bonds. The number of nitrogens with two attached hydrogens (primary N) is 1. The number of cyclic esters (lactones) is 1. The summed E-state index contributed by atoms with van der Waals surface area (Å²) >= 11 is 0. The highest BCUT2D eigenvalue weighted by molar-refractivity contribution is 5.89. The first-order valence-corrected chi connectivity index (χ1v) is 10.6. The van der Waals surface area contributed by atoms with Gasteiger partial charge in [0.05, 0.1) is 6.04 Å². The maximum absolute atomic E-state index is 12.2. The van der Waals surface area contributed by atoms with Crippen LogP contribution >= 0.6 is 0 Å². The first-order chi connectivity index (χ1) is 14.5. The van der Waals surface area contributed by atoms with E-state index in [4.69, 9.17) is 10.5 Å². The summed E-state index contributed by atoms with van der Waals surface area (Å²) in [4.78, 5) is 25.3. The SMILES string of the molecule is CC(C)[C@H]1COC(=O)N1c1ccnc(NC2CCN(Cc3ccc(N)cc3)CC2)n1. The summed E-state index contributed by atoms with van der Waals surface area (Å²) in [5, 5.41) is 3.45. The highest BCUT2D eigenvalue weighted by atomic mass is 16.6. The standard InChI is InChI=1S/C22H30N6O2/c1-15(2)19-14-30-22(29)28(19)20-7-10-24-21(26-20)25-18-8-11-27(12-9-18)13-16-3-5-17(23)6-4-16/h3-7,10,15,18-19H,8-9,11-14,23H2,1-2H3,(H,24,25,26)/t19-/m1/s1. The van der Waals surface area contributed by atoms with Gasteiger partial charge in [-0.1, -0.05) is 26.0 Å². The van der Waals surface area contributed by atoms with E-state index in [1.165, 1.54) is 5.56 Å². The molecule has 4 rings (SSSR count). The summed E-state index contributed by atoms with van der Waals surface area (Å²) in [6.07, 6.45) is 3.39. The number of hydrogen-bond acceptors (Lipinski definition) is 7. The van der Waals surface area contributed by atoms with E-state index in [1.807, 2.05) is 12.1 Å². The predicted octanol–water partition coefficient (Wildman–Crippen LogP) is 3.12. The molecule has 2 fully saturated rings. The minimum absolute atomic E-state index is 0.00294. The summed E-state index contributed by atoms with van der Waals surface area (Å²) in [7, 11) is 0. The van der Waals surface area contributed by atoms with Gasteiger partial charge >= 0.3 is 6.09 Å². The fourth-order valence-corrected chi connectivity index (χ4v) is 4.04. The zero-order valence-electron chi connectivity index (χ0n) is 17.6. The second-order valence-corrected chi connectivity index (χ2v) is 8.43. The normalized spacial score (nSPS) is 20.6. The second-order valence-electron chi connectivity index (χ2n) is 8.43. The summed E-state index contributed by atoms with van der Waals surface area (Å²) < 4.78 is 5.24. The molecule has 8 heteroatoms. The van der Waals surface area contributed by atoms with Crippen LogP contribution in [0.1, 0.15) is 32.3 Å². The number of benzene rings is 1. The molecular weight excluding hydrogens is 380 g/mol. The minimum Gasteiger partial charge on any atom is -0.447 e. The number of ether oxygens (including phenoxy) is 1. The van der Waals surface area contributed by atoms with E-state index in [0.717, 1.165) is 38.2 Å². The number of likely N-dealkylation sites (tertiary alicyclic amines) is 1. The molecule has 0 unspecified atom stereocenters. The van der Waals surface area contributed by atoms with Crippen molar-refractivity contribution in [3.05, 3.63) is 42.1 Å². The average molecular weight is 411 g/mol. The number of carbonyl (C=O) groups is 1. The van der Waals surface area contributed by atoms with Crippen molar-refractivity contribution in [1.29, 1.82) is 0 Å². The maximum atomic E-state index is 12.2. The van der Waals surface area contributed by atoms with Gasteiger partial charge in [-0.15, -0.1) is 0 Å². The Balaban J connectivity index is 1.34. The van der Waals surface area contributed by atoms with Crippen LogP contribution in [-0.4, -0.2) is 52.7 Å². The van der Waals surface area contributed by atoms with Crippen LogP contribution in [0.5, 0.6) is 0 Å². The first kappa shape index (κ1) is 20.4. The van der Waals surface area contributed by atoms with Crippen LogP contribution in [0.2, 0.25) is 0 Å². The van der Waals surface area contributed by atoms with E-state index in [1.54, 1.807) is 17.2 Å². The zero-order valence-corrected chi connectivity index (χ0v) is 17.6. The Kier molecular flexibility index (Phi) is 6.03. The van der Waals surface area contributed by atoms with Gasteiger partial charge in [0.2, 0.25) is 5.95 Å². The van der Waals surface area contributed by atoms with Crippen molar-refractivity contribution in [3.8, 4) is 0 Å². The second kappa shape index (κ2) is 8.87. The highest BCUT2D eigenvalue weighted by Crippen LogP contribution is 2.26. The molecule has 0 saturated carbocycles. The van der Waals surface area contributed by atoms with Crippen LogP contribution in [-0.2, 0) is 11.3 Å². The molecule has 160 valence electrons. The van der Waals surface area contributed by atoms with Gasteiger partial charge in [0.15, 0.2) is 0 Å². The third kappa shape index (κ3) is 4.64. The number of carbonyl (C=O) groups excluding carboxylic acids is 1. The van der Waals surface area contributed by atoms with Crippen molar-refractivity contribution in [2.75, 3.05) is 35.6 Å². The molecular formula is C22H30N6O2. The van der Waals surface area contributed by atoms with Gasteiger partial charge in [0.1, 0.15) is 12.4 Å². The summed E-state index contributed by atoms with van der Waals surface area (Å²) in [5.41, 5.74) is 7.85. The Morgan fingerprint density at radius 1 is 1.20 bits per heavy atom. The van der Waals surface area contributed by atoms with Crippen molar-refractivity contribution in [2.45, 2.75) is 45.3 Å². The Morgan fingerprint density at radius 2 is 1.93 bits per heavy atom. The molecule has 1 atom stereocenters. The van der Waals surface area contributed by atoms with Gasteiger partial charge in [0.25, 0.3) is 0 Å². The minimum atomic E-state index is -0.339. The fraction of sp³-hybridized carbons (Fsp3) is 0.500. The van der Waals surface area contributed by atoms with E-state index >= 15 is 0 Å². The molecule has 3 N–H and O–H groups in total. The molecule has 0 radical (unpaired) electrons. The summed E-state index contributed by atoms with van der Waals surface area (Å²) in [6, 6.07) is 10.2. The largest absolute Gasteiger partial charge is 0.447 e. The van der Waals surface area contributed by atoms with Gasteiger partial charge in [0, 0.05) is 37.6 Å². The Hall–Kier alpha value is -2.87. The number of aromatic nitrogens is 2.